The molecule has 0 saturated carbocycles. The van der Waals surface area contributed by atoms with E-state index < -0.39 is 0 Å². The molecule has 0 unspecified atom stereocenters. The zero-order chi connectivity index (χ0) is 14.4. The van der Waals surface area contributed by atoms with Gasteiger partial charge in [0.2, 0.25) is 5.91 Å². The minimum atomic E-state index is -0.162. The molecule has 0 aliphatic rings. The molecule has 2 N–H and O–H groups in total. The number of hydrogen-bond acceptors (Lipinski definition) is 6. The van der Waals surface area contributed by atoms with E-state index in [1.54, 1.807) is 38.6 Å². The van der Waals surface area contributed by atoms with E-state index in [1.807, 2.05) is 0 Å². The molecule has 1 amide bonds. The zero-order valence-electron chi connectivity index (χ0n) is 11.0. The monoisotopic (exact) mass is 294 g/mol. The lowest BCUT2D eigenvalue weighted by Crippen LogP contribution is -2.14. The number of aromatic amines is 1. The summed E-state index contributed by atoms with van der Waals surface area (Å²) in [5.74, 6) is 1.28. The molecule has 0 spiro atoms. The molecule has 0 radical (unpaired) electrons. The molecule has 0 atom stereocenters. The Balaban J connectivity index is 1.99. The number of methoxy groups -OCH3 is 2. The van der Waals surface area contributed by atoms with Crippen LogP contribution in [0.3, 0.4) is 0 Å². The fraction of sp³-hybridized carbons (Fsp3) is 0.250. The molecule has 20 heavy (non-hydrogen) atoms. The summed E-state index contributed by atoms with van der Waals surface area (Å²) in [4.78, 5) is 11.9. The number of nitrogens with zero attached hydrogens (tertiary/aromatic N) is 2. The average Bonchev–Trinajstić information content (AvgIpc) is 2.98. The Labute approximate surface area is 120 Å². The summed E-state index contributed by atoms with van der Waals surface area (Å²) in [6.45, 7) is 0. The van der Waals surface area contributed by atoms with Crippen molar-refractivity contribution in [3.05, 3.63) is 24.4 Å². The summed E-state index contributed by atoms with van der Waals surface area (Å²) < 4.78 is 10.3. The van der Waals surface area contributed by atoms with Crippen LogP contribution in [0.15, 0.2) is 29.4 Å². The molecule has 1 aromatic carbocycles. The topological polar surface area (TPSA) is 89.1 Å². The Hall–Kier alpha value is -2.22. The van der Waals surface area contributed by atoms with Crippen molar-refractivity contribution in [3.8, 4) is 11.5 Å². The third kappa shape index (κ3) is 3.64. The lowest BCUT2D eigenvalue weighted by molar-refractivity contribution is -0.113. The van der Waals surface area contributed by atoms with E-state index in [2.05, 4.69) is 20.7 Å². The van der Waals surface area contributed by atoms with Crippen LogP contribution in [0.5, 0.6) is 11.5 Å². The number of carbonyl (C=O) groups excluding carboxylic acids is 1. The van der Waals surface area contributed by atoms with Crippen molar-refractivity contribution in [1.82, 2.24) is 15.4 Å². The normalized spacial score (nSPS) is 10.1. The van der Waals surface area contributed by atoms with E-state index in [0.717, 1.165) is 0 Å². The minimum absolute atomic E-state index is 0.162. The van der Waals surface area contributed by atoms with Crippen molar-refractivity contribution >= 4 is 23.4 Å². The van der Waals surface area contributed by atoms with Gasteiger partial charge in [-0.1, -0.05) is 11.8 Å². The molecule has 1 heterocycles. The van der Waals surface area contributed by atoms with Gasteiger partial charge in [-0.15, -0.1) is 5.10 Å². The first-order chi connectivity index (χ1) is 9.72. The lowest BCUT2D eigenvalue weighted by Gasteiger charge is -2.11. The van der Waals surface area contributed by atoms with Crippen molar-refractivity contribution in [2.24, 2.45) is 0 Å². The fourth-order valence-corrected chi connectivity index (χ4v) is 2.08. The average molecular weight is 294 g/mol. The molecule has 106 valence electrons. The quantitative estimate of drug-likeness (QED) is 0.786. The van der Waals surface area contributed by atoms with Gasteiger partial charge >= 0.3 is 0 Å². The van der Waals surface area contributed by atoms with Crippen LogP contribution in [0, 0.1) is 0 Å². The second-order valence-electron chi connectivity index (χ2n) is 3.71. The standard InChI is InChI=1S/C12H14N4O3S/c1-18-8-3-4-10(19-2)9(5-8)14-11(17)7-20-12-6-13-16-15-12/h3-6H,7H2,1-2H3,(H,14,17)(H,13,15,16). The number of aromatic nitrogens is 3. The van der Waals surface area contributed by atoms with Crippen molar-refractivity contribution in [2.75, 3.05) is 25.3 Å². The van der Waals surface area contributed by atoms with E-state index in [1.165, 1.54) is 11.8 Å². The number of rotatable bonds is 6. The highest BCUT2D eigenvalue weighted by molar-refractivity contribution is 7.99. The van der Waals surface area contributed by atoms with E-state index in [-0.39, 0.29) is 11.7 Å². The van der Waals surface area contributed by atoms with E-state index in [0.29, 0.717) is 22.2 Å². The Morgan fingerprint density at radius 3 is 2.90 bits per heavy atom. The van der Waals surface area contributed by atoms with Gasteiger partial charge in [0.15, 0.2) is 0 Å². The van der Waals surface area contributed by atoms with Crippen LogP contribution in [0.25, 0.3) is 0 Å². The van der Waals surface area contributed by atoms with Crippen molar-refractivity contribution in [2.45, 2.75) is 5.03 Å². The highest BCUT2D eigenvalue weighted by atomic mass is 32.2. The fourth-order valence-electron chi connectivity index (χ4n) is 1.50. The first-order valence-electron chi connectivity index (χ1n) is 5.73. The minimum Gasteiger partial charge on any atom is -0.497 e. The second-order valence-corrected chi connectivity index (χ2v) is 4.71. The summed E-state index contributed by atoms with van der Waals surface area (Å²) in [5, 5.41) is 13.5. The van der Waals surface area contributed by atoms with Gasteiger partial charge in [-0.3, -0.25) is 4.79 Å². The first kappa shape index (κ1) is 14.2. The van der Waals surface area contributed by atoms with E-state index in [9.17, 15) is 4.79 Å². The smallest absolute Gasteiger partial charge is 0.234 e. The van der Waals surface area contributed by atoms with Crippen molar-refractivity contribution < 1.29 is 14.3 Å². The molecular formula is C12H14N4O3S. The molecule has 0 aliphatic heterocycles. The molecular weight excluding hydrogens is 280 g/mol. The summed E-state index contributed by atoms with van der Waals surface area (Å²) in [6.07, 6.45) is 1.56. The highest BCUT2D eigenvalue weighted by Crippen LogP contribution is 2.29. The van der Waals surface area contributed by atoms with Crippen LogP contribution in [0.2, 0.25) is 0 Å². The molecule has 0 aliphatic carbocycles. The molecule has 2 rings (SSSR count). The maximum Gasteiger partial charge on any atom is 0.234 e. The van der Waals surface area contributed by atoms with Crippen LogP contribution < -0.4 is 14.8 Å². The van der Waals surface area contributed by atoms with Crippen LogP contribution in [0.1, 0.15) is 0 Å². The molecule has 0 saturated heterocycles. The number of amides is 1. The Bertz CT molecular complexity index is 574. The van der Waals surface area contributed by atoms with Crippen molar-refractivity contribution in [1.29, 1.82) is 0 Å². The van der Waals surface area contributed by atoms with Gasteiger partial charge in [-0.2, -0.15) is 10.3 Å². The summed E-state index contributed by atoms with van der Waals surface area (Å²) in [7, 11) is 3.11. The number of benzene rings is 1. The van der Waals surface area contributed by atoms with Crippen LogP contribution in [0.4, 0.5) is 5.69 Å². The Kier molecular flexibility index (Phi) is 4.83. The van der Waals surface area contributed by atoms with E-state index in [4.69, 9.17) is 9.47 Å². The zero-order valence-corrected chi connectivity index (χ0v) is 11.9. The molecule has 8 heteroatoms. The largest absolute Gasteiger partial charge is 0.497 e. The SMILES string of the molecule is COc1ccc(OC)c(NC(=O)CSc2cn[nH]n2)c1. The molecule has 2 aromatic rings. The number of nitrogens with one attached hydrogen (secondary N) is 2. The summed E-state index contributed by atoms with van der Waals surface area (Å²) >= 11 is 1.29. The van der Waals surface area contributed by atoms with Gasteiger partial charge < -0.3 is 14.8 Å². The van der Waals surface area contributed by atoms with Gasteiger partial charge in [0, 0.05) is 6.07 Å². The first-order valence-corrected chi connectivity index (χ1v) is 6.72. The van der Waals surface area contributed by atoms with Gasteiger partial charge in [0.05, 0.1) is 31.9 Å². The van der Waals surface area contributed by atoms with Crippen LogP contribution >= 0.6 is 11.8 Å². The summed E-state index contributed by atoms with van der Waals surface area (Å²) in [6, 6.07) is 5.20. The van der Waals surface area contributed by atoms with Crippen molar-refractivity contribution in [3.63, 3.8) is 0 Å². The number of ether oxygens (including phenoxy) is 2. The van der Waals surface area contributed by atoms with Gasteiger partial charge in [-0.25, -0.2) is 0 Å². The number of carbonyl (C=O) groups is 1. The van der Waals surface area contributed by atoms with Crippen LogP contribution in [-0.2, 0) is 4.79 Å². The van der Waals surface area contributed by atoms with Gasteiger partial charge in [0.25, 0.3) is 0 Å². The third-order valence-electron chi connectivity index (χ3n) is 2.42. The number of thioether (sulfide) groups is 1. The predicted octanol–water partition coefficient (Wildman–Crippen LogP) is 1.55. The highest BCUT2D eigenvalue weighted by Gasteiger charge is 2.10. The maximum absolute atomic E-state index is 11.9. The van der Waals surface area contributed by atoms with Gasteiger partial charge in [-0.05, 0) is 12.1 Å². The van der Waals surface area contributed by atoms with E-state index >= 15 is 0 Å². The molecule has 0 fully saturated rings. The number of anilines is 1. The predicted molar refractivity (Wildman–Crippen MR) is 75.3 cm³/mol. The Morgan fingerprint density at radius 1 is 1.40 bits per heavy atom. The maximum atomic E-state index is 11.9. The summed E-state index contributed by atoms with van der Waals surface area (Å²) in [5.41, 5.74) is 0.567. The van der Waals surface area contributed by atoms with Gasteiger partial charge in [0.1, 0.15) is 16.5 Å². The number of H-pyrrole nitrogens is 1. The molecule has 0 bridgehead atoms. The third-order valence-corrected chi connectivity index (χ3v) is 3.32. The second kappa shape index (κ2) is 6.80. The molecule has 1 aromatic heterocycles. The number of hydrogen-bond donors (Lipinski definition) is 2. The Morgan fingerprint density at radius 2 is 2.25 bits per heavy atom. The molecule has 7 nitrogen and oxygen atoms in total. The lowest BCUT2D eigenvalue weighted by atomic mass is 10.2. The van der Waals surface area contributed by atoms with Crippen LogP contribution in [-0.4, -0.2) is 41.3 Å².